The Bertz CT molecular complexity index is 852. The maximum Gasteiger partial charge on any atom is 0.188 e. The van der Waals surface area contributed by atoms with Gasteiger partial charge in [-0.2, -0.15) is 5.26 Å². The number of nitrogens with one attached hydrogen (secondary N) is 1. The zero-order valence-corrected chi connectivity index (χ0v) is 13.4. The van der Waals surface area contributed by atoms with Crippen molar-refractivity contribution in [2.75, 3.05) is 11.6 Å². The second kappa shape index (κ2) is 5.94. The van der Waals surface area contributed by atoms with Gasteiger partial charge in [-0.05, 0) is 36.6 Å². The van der Waals surface area contributed by atoms with Gasteiger partial charge in [0.05, 0.1) is 21.5 Å². The Kier molecular flexibility index (Phi) is 4.02. The van der Waals surface area contributed by atoms with Crippen molar-refractivity contribution >= 4 is 55.7 Å². The molecular weight excluding hydrogens is 322 g/mol. The first-order chi connectivity index (χ1) is 10.2. The topological polar surface area (TPSA) is 48.7 Å². The van der Waals surface area contributed by atoms with Gasteiger partial charge in [0.15, 0.2) is 5.13 Å². The van der Waals surface area contributed by atoms with Crippen LogP contribution in [0.1, 0.15) is 5.56 Å². The van der Waals surface area contributed by atoms with Gasteiger partial charge >= 0.3 is 0 Å². The fraction of sp³-hybridized carbons (Fsp3) is 0.0667. The first-order valence-corrected chi connectivity index (χ1v) is 8.53. The Morgan fingerprint density at radius 2 is 2.19 bits per heavy atom. The van der Waals surface area contributed by atoms with Crippen molar-refractivity contribution in [1.82, 2.24) is 4.98 Å². The number of aromatic nitrogens is 1. The predicted octanol–water partition coefficient (Wildman–Crippen LogP) is 5.29. The third-order valence-electron chi connectivity index (χ3n) is 2.95. The van der Waals surface area contributed by atoms with E-state index in [0.717, 1.165) is 25.9 Å². The summed E-state index contributed by atoms with van der Waals surface area (Å²) < 4.78 is 1.02. The van der Waals surface area contributed by atoms with E-state index in [2.05, 4.69) is 16.4 Å². The Morgan fingerprint density at radius 3 is 2.95 bits per heavy atom. The van der Waals surface area contributed by atoms with E-state index < -0.39 is 0 Å². The molecule has 1 heterocycles. The van der Waals surface area contributed by atoms with E-state index in [1.54, 1.807) is 11.8 Å². The average Bonchev–Trinajstić information content (AvgIpc) is 2.88. The van der Waals surface area contributed by atoms with Crippen molar-refractivity contribution in [3.63, 3.8) is 0 Å². The van der Waals surface area contributed by atoms with Crippen LogP contribution < -0.4 is 5.32 Å². The number of nitrogens with zero attached hydrogens (tertiary/aromatic N) is 2. The number of thiazole rings is 1. The molecule has 0 aliphatic carbocycles. The van der Waals surface area contributed by atoms with Crippen molar-refractivity contribution in [2.24, 2.45) is 0 Å². The number of rotatable bonds is 3. The third-order valence-corrected chi connectivity index (χ3v) is 4.90. The number of halogens is 1. The molecule has 0 unspecified atom stereocenters. The summed E-state index contributed by atoms with van der Waals surface area (Å²) in [6.07, 6.45) is 1.96. The monoisotopic (exact) mass is 331 g/mol. The normalized spacial score (nSPS) is 10.5. The summed E-state index contributed by atoms with van der Waals surface area (Å²) in [5.41, 5.74) is 2.31. The highest BCUT2D eigenvalue weighted by molar-refractivity contribution is 7.98. The Balaban J connectivity index is 2.01. The van der Waals surface area contributed by atoms with Crippen LogP contribution in [0.3, 0.4) is 0 Å². The first kappa shape index (κ1) is 14.2. The zero-order chi connectivity index (χ0) is 14.8. The molecule has 0 atom stereocenters. The van der Waals surface area contributed by atoms with Crippen LogP contribution in [0.25, 0.3) is 10.2 Å². The summed E-state index contributed by atoms with van der Waals surface area (Å²) in [6, 6.07) is 13.6. The third kappa shape index (κ3) is 2.84. The molecule has 0 amide bonds. The summed E-state index contributed by atoms with van der Waals surface area (Å²) in [5, 5.41) is 14.0. The molecule has 3 aromatic rings. The highest BCUT2D eigenvalue weighted by Gasteiger charge is 2.10. The van der Waals surface area contributed by atoms with Gasteiger partial charge in [0.25, 0.3) is 0 Å². The lowest BCUT2D eigenvalue weighted by Crippen LogP contribution is -1.94. The minimum atomic E-state index is 0.641. The number of hydrogen-bond donors (Lipinski definition) is 1. The molecule has 0 saturated carbocycles. The number of anilines is 2. The van der Waals surface area contributed by atoms with Gasteiger partial charge in [0.2, 0.25) is 0 Å². The highest BCUT2D eigenvalue weighted by atomic mass is 35.5. The van der Waals surface area contributed by atoms with Crippen LogP contribution in [0, 0.1) is 11.3 Å². The lowest BCUT2D eigenvalue weighted by Gasteiger charge is -2.07. The lowest BCUT2D eigenvalue weighted by molar-refractivity contribution is 1.35. The van der Waals surface area contributed by atoms with Gasteiger partial charge in [-0.1, -0.05) is 29.0 Å². The molecule has 104 valence electrons. The number of thioether (sulfide) groups is 1. The van der Waals surface area contributed by atoms with Crippen molar-refractivity contribution in [2.45, 2.75) is 4.90 Å². The van der Waals surface area contributed by atoms with E-state index in [1.165, 1.54) is 11.3 Å². The van der Waals surface area contributed by atoms with Crippen molar-refractivity contribution in [1.29, 1.82) is 5.26 Å². The van der Waals surface area contributed by atoms with Gasteiger partial charge in [0, 0.05) is 9.92 Å². The van der Waals surface area contributed by atoms with Gasteiger partial charge in [-0.15, -0.1) is 11.8 Å². The van der Waals surface area contributed by atoms with Crippen LogP contribution in [-0.4, -0.2) is 11.2 Å². The maximum absolute atomic E-state index is 9.35. The molecule has 3 nitrogen and oxygen atoms in total. The van der Waals surface area contributed by atoms with E-state index in [-0.39, 0.29) is 0 Å². The lowest BCUT2D eigenvalue weighted by atomic mass is 10.2. The second-order valence-electron chi connectivity index (χ2n) is 4.25. The minimum absolute atomic E-state index is 0.641. The molecule has 2 aromatic carbocycles. The molecule has 0 aliphatic rings. The fourth-order valence-corrected chi connectivity index (χ4v) is 3.72. The van der Waals surface area contributed by atoms with Crippen molar-refractivity contribution < 1.29 is 0 Å². The van der Waals surface area contributed by atoms with Crippen LogP contribution in [-0.2, 0) is 0 Å². The molecule has 0 saturated heterocycles. The summed E-state index contributed by atoms with van der Waals surface area (Å²) >= 11 is 9.06. The van der Waals surface area contributed by atoms with Crippen LogP contribution in [0.2, 0.25) is 5.02 Å². The molecule has 1 aromatic heterocycles. The van der Waals surface area contributed by atoms with Crippen molar-refractivity contribution in [3.05, 3.63) is 47.0 Å². The van der Waals surface area contributed by atoms with Crippen LogP contribution in [0.15, 0.2) is 41.3 Å². The standard InChI is InChI=1S/C15H10ClN3S2/c1-20-13-4-2-3-11(10(13)8-17)18-15-19-12-6-5-9(16)7-14(12)21-15/h2-7H,1H3,(H,18,19). The highest BCUT2D eigenvalue weighted by Crippen LogP contribution is 2.33. The van der Waals surface area contributed by atoms with E-state index in [4.69, 9.17) is 11.6 Å². The van der Waals surface area contributed by atoms with Crippen LogP contribution in [0.5, 0.6) is 0 Å². The molecular formula is C15H10ClN3S2. The molecule has 1 N–H and O–H groups in total. The zero-order valence-electron chi connectivity index (χ0n) is 11.1. The molecule has 21 heavy (non-hydrogen) atoms. The number of fused-ring (bicyclic) bond motifs is 1. The van der Waals surface area contributed by atoms with Crippen molar-refractivity contribution in [3.8, 4) is 6.07 Å². The number of benzene rings is 2. The fourth-order valence-electron chi connectivity index (χ4n) is 1.99. The molecule has 0 fully saturated rings. The first-order valence-electron chi connectivity index (χ1n) is 6.11. The van der Waals surface area contributed by atoms with Gasteiger partial charge < -0.3 is 5.32 Å². The smallest absolute Gasteiger partial charge is 0.188 e. The summed E-state index contributed by atoms with van der Waals surface area (Å²) in [5.74, 6) is 0. The summed E-state index contributed by atoms with van der Waals surface area (Å²) in [4.78, 5) is 5.46. The summed E-state index contributed by atoms with van der Waals surface area (Å²) in [7, 11) is 0. The van der Waals surface area contributed by atoms with E-state index in [0.29, 0.717) is 10.6 Å². The SMILES string of the molecule is CSc1cccc(Nc2nc3ccc(Cl)cc3s2)c1C#N. The van der Waals surface area contributed by atoms with Gasteiger partial charge in [-0.3, -0.25) is 0 Å². The minimum Gasteiger partial charge on any atom is -0.330 e. The average molecular weight is 332 g/mol. The molecule has 0 bridgehead atoms. The van der Waals surface area contributed by atoms with Crippen LogP contribution in [0.4, 0.5) is 10.8 Å². The molecule has 3 rings (SSSR count). The van der Waals surface area contributed by atoms with Crippen LogP contribution >= 0.6 is 34.7 Å². The largest absolute Gasteiger partial charge is 0.330 e. The molecule has 0 radical (unpaired) electrons. The Labute approximate surface area is 135 Å². The quantitative estimate of drug-likeness (QED) is 0.663. The van der Waals surface area contributed by atoms with E-state index in [1.807, 2.05) is 42.7 Å². The molecule has 0 aliphatic heterocycles. The van der Waals surface area contributed by atoms with E-state index >= 15 is 0 Å². The predicted molar refractivity (Wildman–Crippen MR) is 90.9 cm³/mol. The Hall–Kier alpha value is -1.74. The number of nitriles is 1. The molecule has 0 spiro atoms. The Morgan fingerprint density at radius 1 is 1.33 bits per heavy atom. The van der Waals surface area contributed by atoms with Gasteiger partial charge in [-0.25, -0.2) is 4.98 Å². The maximum atomic E-state index is 9.35. The number of hydrogen-bond acceptors (Lipinski definition) is 5. The molecule has 6 heteroatoms. The second-order valence-corrected chi connectivity index (χ2v) is 6.57. The summed E-state index contributed by atoms with van der Waals surface area (Å²) in [6.45, 7) is 0. The van der Waals surface area contributed by atoms with Gasteiger partial charge in [0.1, 0.15) is 6.07 Å². The van der Waals surface area contributed by atoms with E-state index in [9.17, 15) is 5.26 Å².